The summed E-state index contributed by atoms with van der Waals surface area (Å²) in [7, 11) is 2.51. The molecule has 0 amide bonds. The number of carbonyl (C=O) groups excluding carboxylic acids is 1. The van der Waals surface area contributed by atoms with Gasteiger partial charge in [0.1, 0.15) is 10.9 Å². The fraction of sp³-hybridized carbons (Fsp3) is 0.357. The fourth-order valence-corrected chi connectivity index (χ4v) is 2.41. The second-order valence-electron chi connectivity index (χ2n) is 4.47. The van der Waals surface area contributed by atoms with Crippen LogP contribution in [-0.4, -0.2) is 43.1 Å². The molecule has 0 saturated carbocycles. The number of hydrogen-bond donors (Lipinski definition) is 0. The molecule has 0 bridgehead atoms. The molecule has 0 spiro atoms. The maximum Gasteiger partial charge on any atom is 0.350 e. The fourth-order valence-electron chi connectivity index (χ4n) is 2.24. The summed E-state index contributed by atoms with van der Waals surface area (Å²) in [6.07, 6.45) is 1.43. The number of esters is 1. The largest absolute Gasteiger partial charge is 0.494 e. The number of alkyl halides is 1. The minimum atomic E-state index is -2.43. The number of rotatable bonds is 3. The minimum Gasteiger partial charge on any atom is -0.494 e. The molecule has 1 aliphatic heterocycles. The molecule has 1 atom stereocenters. The van der Waals surface area contributed by atoms with Crippen molar-refractivity contribution in [3.05, 3.63) is 34.8 Å². The summed E-state index contributed by atoms with van der Waals surface area (Å²) in [5.41, 5.74) is -1.48. The molecule has 112 valence electrons. The summed E-state index contributed by atoms with van der Waals surface area (Å²) in [4.78, 5) is 19.8. The summed E-state index contributed by atoms with van der Waals surface area (Å²) in [6.45, 7) is 1.31. The van der Waals surface area contributed by atoms with E-state index in [1.807, 2.05) is 0 Å². The molecule has 0 N–H and O–H groups in total. The van der Waals surface area contributed by atoms with Gasteiger partial charge in [0.2, 0.25) is 0 Å². The molecule has 0 saturated heterocycles. The number of pyridine rings is 1. The van der Waals surface area contributed by atoms with Gasteiger partial charge in [-0.2, -0.15) is 0 Å². The van der Waals surface area contributed by atoms with Crippen molar-refractivity contribution in [3.8, 4) is 0 Å². The molecule has 2 heterocycles. The predicted octanol–water partition coefficient (Wildman–Crippen LogP) is 2.45. The summed E-state index contributed by atoms with van der Waals surface area (Å²) in [6, 6.07) is 3.02. The Balaban J connectivity index is 2.71. The van der Waals surface area contributed by atoms with Crippen LogP contribution in [0.2, 0.25) is 5.15 Å². The number of halogens is 2. The Morgan fingerprint density at radius 3 is 2.76 bits per heavy atom. The standard InChI is InChI=1S/C14H14ClFN2O3/c1-8-12(20-2)11(9-4-5-17-10(15)6-9)14(16,7-18-8)13(19)21-3/h4-6H,7H2,1-3H3. The lowest BCUT2D eigenvalue weighted by atomic mass is 9.86. The molecule has 1 aliphatic rings. The van der Waals surface area contributed by atoms with Crippen LogP contribution in [0, 0.1) is 0 Å². The lowest BCUT2D eigenvalue weighted by Crippen LogP contribution is -2.43. The third-order valence-electron chi connectivity index (χ3n) is 3.21. The molecule has 7 heteroatoms. The number of dihydropyridines is 1. The number of ether oxygens (including phenoxy) is 2. The quantitative estimate of drug-likeness (QED) is 0.635. The van der Waals surface area contributed by atoms with E-state index >= 15 is 4.39 Å². The van der Waals surface area contributed by atoms with Gasteiger partial charge in [-0.1, -0.05) is 11.6 Å². The van der Waals surface area contributed by atoms with E-state index in [-0.39, 0.29) is 23.0 Å². The summed E-state index contributed by atoms with van der Waals surface area (Å²) < 4.78 is 25.1. The van der Waals surface area contributed by atoms with Crippen LogP contribution in [0.3, 0.4) is 0 Å². The number of carbonyl (C=O) groups is 1. The molecule has 21 heavy (non-hydrogen) atoms. The molecule has 1 aromatic heterocycles. The zero-order valence-electron chi connectivity index (χ0n) is 11.8. The Labute approximate surface area is 126 Å². The third-order valence-corrected chi connectivity index (χ3v) is 3.42. The van der Waals surface area contributed by atoms with Crippen molar-refractivity contribution in [2.45, 2.75) is 12.6 Å². The van der Waals surface area contributed by atoms with Gasteiger partial charge < -0.3 is 9.47 Å². The number of allylic oxidation sites excluding steroid dienone is 1. The Hall–Kier alpha value is -1.95. The van der Waals surface area contributed by atoms with Gasteiger partial charge in [-0.15, -0.1) is 0 Å². The maximum absolute atomic E-state index is 15.3. The summed E-state index contributed by atoms with van der Waals surface area (Å²) in [5, 5.41) is 0.183. The first-order valence-electron chi connectivity index (χ1n) is 6.13. The smallest absolute Gasteiger partial charge is 0.350 e. The number of aromatic nitrogens is 1. The molecule has 0 aliphatic carbocycles. The highest BCUT2D eigenvalue weighted by Crippen LogP contribution is 2.39. The van der Waals surface area contributed by atoms with Gasteiger partial charge in [0.05, 0.1) is 32.0 Å². The highest BCUT2D eigenvalue weighted by atomic mass is 35.5. The van der Waals surface area contributed by atoms with Crippen LogP contribution in [0.5, 0.6) is 0 Å². The maximum atomic E-state index is 15.3. The lowest BCUT2D eigenvalue weighted by Gasteiger charge is -2.30. The average molecular weight is 313 g/mol. The van der Waals surface area contributed by atoms with Gasteiger partial charge in [0.25, 0.3) is 5.67 Å². The van der Waals surface area contributed by atoms with Crippen LogP contribution < -0.4 is 0 Å². The van der Waals surface area contributed by atoms with Crippen molar-refractivity contribution < 1.29 is 18.7 Å². The molecule has 0 fully saturated rings. The first-order chi connectivity index (χ1) is 9.93. The van der Waals surface area contributed by atoms with Crippen LogP contribution >= 0.6 is 11.6 Å². The zero-order chi connectivity index (χ0) is 15.6. The molecular weight excluding hydrogens is 299 g/mol. The molecule has 5 nitrogen and oxygen atoms in total. The Bertz CT molecular complexity index is 645. The second-order valence-corrected chi connectivity index (χ2v) is 4.86. The number of nitrogens with zero attached hydrogens (tertiary/aromatic N) is 2. The number of hydrogen-bond acceptors (Lipinski definition) is 5. The van der Waals surface area contributed by atoms with Gasteiger partial charge >= 0.3 is 5.97 Å². The first kappa shape index (κ1) is 15.4. The molecular formula is C14H14ClFN2O3. The highest BCUT2D eigenvalue weighted by molar-refractivity contribution is 6.29. The van der Waals surface area contributed by atoms with Gasteiger partial charge in [-0.25, -0.2) is 14.2 Å². The second kappa shape index (κ2) is 5.81. The Morgan fingerprint density at radius 1 is 1.48 bits per heavy atom. The molecule has 1 aromatic rings. The van der Waals surface area contributed by atoms with E-state index in [9.17, 15) is 4.79 Å². The van der Waals surface area contributed by atoms with Crippen LogP contribution in [0.25, 0.3) is 5.57 Å². The van der Waals surface area contributed by atoms with Gasteiger partial charge in [0, 0.05) is 6.20 Å². The normalized spacial score (nSPS) is 21.9. The van der Waals surface area contributed by atoms with Crippen molar-refractivity contribution in [1.82, 2.24) is 4.98 Å². The lowest BCUT2D eigenvalue weighted by molar-refractivity contribution is -0.150. The van der Waals surface area contributed by atoms with Crippen LogP contribution in [0.15, 0.2) is 29.1 Å². The van der Waals surface area contributed by atoms with Crippen molar-refractivity contribution in [2.24, 2.45) is 4.99 Å². The van der Waals surface area contributed by atoms with Crippen LogP contribution in [0.4, 0.5) is 4.39 Å². The van der Waals surface area contributed by atoms with Gasteiger partial charge in [-0.3, -0.25) is 4.99 Å². The third kappa shape index (κ3) is 2.63. The van der Waals surface area contributed by atoms with Crippen molar-refractivity contribution >= 4 is 28.9 Å². The van der Waals surface area contributed by atoms with E-state index in [2.05, 4.69) is 14.7 Å². The predicted molar refractivity (Wildman–Crippen MR) is 77.0 cm³/mol. The SMILES string of the molecule is COC(=O)C1(F)CN=C(C)C(OC)=C1c1ccnc(Cl)c1. The van der Waals surface area contributed by atoms with Gasteiger partial charge in [-0.05, 0) is 24.6 Å². The van der Waals surface area contributed by atoms with Crippen molar-refractivity contribution in [1.29, 1.82) is 0 Å². The average Bonchev–Trinajstić information content (AvgIpc) is 2.48. The monoisotopic (exact) mass is 312 g/mol. The zero-order valence-corrected chi connectivity index (χ0v) is 12.6. The van der Waals surface area contributed by atoms with Crippen LogP contribution in [-0.2, 0) is 14.3 Å². The van der Waals surface area contributed by atoms with Crippen molar-refractivity contribution in [2.75, 3.05) is 20.8 Å². The Kier molecular flexibility index (Phi) is 4.27. The number of methoxy groups -OCH3 is 2. The van der Waals surface area contributed by atoms with E-state index in [0.717, 1.165) is 7.11 Å². The summed E-state index contributed by atoms with van der Waals surface area (Å²) >= 11 is 5.85. The van der Waals surface area contributed by atoms with E-state index in [0.29, 0.717) is 11.3 Å². The summed E-state index contributed by atoms with van der Waals surface area (Å²) in [5.74, 6) is -0.840. The Morgan fingerprint density at radius 2 is 2.19 bits per heavy atom. The number of aliphatic imine (C=N–C) groups is 1. The topological polar surface area (TPSA) is 60.8 Å². The molecule has 1 unspecified atom stereocenters. The highest BCUT2D eigenvalue weighted by Gasteiger charge is 2.49. The molecule has 2 rings (SSSR count). The van der Waals surface area contributed by atoms with Gasteiger partial charge in [0.15, 0.2) is 0 Å². The van der Waals surface area contributed by atoms with E-state index in [4.69, 9.17) is 16.3 Å². The van der Waals surface area contributed by atoms with E-state index in [1.165, 1.54) is 19.4 Å². The minimum absolute atomic E-state index is 0.0497. The molecule has 0 radical (unpaired) electrons. The van der Waals surface area contributed by atoms with E-state index < -0.39 is 11.6 Å². The van der Waals surface area contributed by atoms with E-state index in [1.54, 1.807) is 13.0 Å². The first-order valence-corrected chi connectivity index (χ1v) is 6.51. The van der Waals surface area contributed by atoms with Crippen LogP contribution in [0.1, 0.15) is 12.5 Å². The molecule has 0 aromatic carbocycles. The van der Waals surface area contributed by atoms with Crippen molar-refractivity contribution in [3.63, 3.8) is 0 Å².